The quantitative estimate of drug-likeness (QED) is 0.734. The van der Waals surface area contributed by atoms with Crippen LogP contribution in [-0.2, 0) is 9.53 Å². The smallest absolute Gasteiger partial charge is 0.331 e. The van der Waals surface area contributed by atoms with Crippen LogP contribution < -0.4 is 0 Å². The Hall–Kier alpha value is -1.28. The molecule has 1 unspecified atom stereocenters. The lowest BCUT2D eigenvalue weighted by atomic mass is 9.99. The molecule has 1 fully saturated rings. The average molecular weight is 235 g/mol. The van der Waals surface area contributed by atoms with Gasteiger partial charge in [-0.15, -0.1) is 0 Å². The minimum Gasteiger partial charge on any atom is -0.450 e. The van der Waals surface area contributed by atoms with Crippen molar-refractivity contribution in [3.8, 4) is 0 Å². The first kappa shape index (κ1) is 9.91. The third kappa shape index (κ3) is 1.74. The molecule has 0 saturated heterocycles. The molecule has 0 bridgehead atoms. The summed E-state index contributed by atoms with van der Waals surface area (Å²) in [5.74, 6) is 0.328. The first-order chi connectivity index (χ1) is 7.74. The zero-order valence-corrected chi connectivity index (χ0v) is 9.41. The van der Waals surface area contributed by atoms with Crippen molar-refractivity contribution in [3.05, 3.63) is 46.5 Å². The van der Waals surface area contributed by atoms with Crippen LogP contribution in [0.4, 0.5) is 0 Å². The highest BCUT2D eigenvalue weighted by molar-refractivity contribution is 6.30. The second-order valence-electron chi connectivity index (χ2n) is 4.29. The van der Waals surface area contributed by atoms with Crippen LogP contribution in [0.25, 0.3) is 0 Å². The fourth-order valence-corrected chi connectivity index (χ4v) is 2.20. The molecule has 1 aliphatic carbocycles. The number of carbonyl (C=O) groups is 1. The Balaban J connectivity index is 1.92. The molecule has 1 atom stereocenters. The maximum atomic E-state index is 11.3. The van der Waals surface area contributed by atoms with Crippen molar-refractivity contribution in [3.63, 3.8) is 0 Å². The van der Waals surface area contributed by atoms with Gasteiger partial charge in [-0.3, -0.25) is 0 Å². The number of halogens is 1. The van der Waals surface area contributed by atoms with Gasteiger partial charge in [0.25, 0.3) is 0 Å². The van der Waals surface area contributed by atoms with E-state index in [1.165, 1.54) is 12.8 Å². The monoisotopic (exact) mass is 234 g/mol. The molecule has 2 nitrogen and oxygen atoms in total. The molecule has 3 heteroatoms. The van der Waals surface area contributed by atoms with Gasteiger partial charge < -0.3 is 4.74 Å². The van der Waals surface area contributed by atoms with Crippen LogP contribution in [0, 0.1) is 5.92 Å². The molecule has 0 radical (unpaired) electrons. The Bertz CT molecular complexity index is 457. The minimum atomic E-state index is -0.221. The molecule has 1 aliphatic heterocycles. The summed E-state index contributed by atoms with van der Waals surface area (Å²) in [6, 6.07) is 7.49. The number of cyclic esters (lactones) is 1. The van der Waals surface area contributed by atoms with Crippen molar-refractivity contribution in [2.75, 3.05) is 0 Å². The van der Waals surface area contributed by atoms with Crippen molar-refractivity contribution < 1.29 is 9.53 Å². The van der Waals surface area contributed by atoms with Crippen LogP contribution in [-0.4, -0.2) is 5.97 Å². The molecular formula is C13H11ClO2. The SMILES string of the molecule is O=C1C=C(C2CC2)C(c2ccc(Cl)cc2)O1. The maximum Gasteiger partial charge on any atom is 0.331 e. The summed E-state index contributed by atoms with van der Waals surface area (Å²) < 4.78 is 5.33. The molecule has 1 heterocycles. The largest absolute Gasteiger partial charge is 0.450 e. The molecular weight excluding hydrogens is 224 g/mol. The van der Waals surface area contributed by atoms with Crippen molar-refractivity contribution in [1.29, 1.82) is 0 Å². The number of carbonyl (C=O) groups excluding carboxylic acids is 1. The summed E-state index contributed by atoms with van der Waals surface area (Å²) in [7, 11) is 0. The van der Waals surface area contributed by atoms with Crippen molar-refractivity contribution >= 4 is 17.6 Å². The highest BCUT2D eigenvalue weighted by atomic mass is 35.5. The van der Waals surface area contributed by atoms with Crippen molar-refractivity contribution in [2.45, 2.75) is 18.9 Å². The van der Waals surface area contributed by atoms with E-state index in [2.05, 4.69) is 0 Å². The fourth-order valence-electron chi connectivity index (χ4n) is 2.08. The van der Waals surface area contributed by atoms with Crippen molar-refractivity contribution in [2.24, 2.45) is 5.92 Å². The van der Waals surface area contributed by atoms with E-state index in [0.29, 0.717) is 10.9 Å². The van der Waals surface area contributed by atoms with Crippen molar-refractivity contribution in [1.82, 2.24) is 0 Å². The van der Waals surface area contributed by atoms with Gasteiger partial charge in [-0.25, -0.2) is 4.79 Å². The number of hydrogen-bond acceptors (Lipinski definition) is 2. The molecule has 0 aromatic heterocycles. The molecule has 0 spiro atoms. The van der Waals surface area contributed by atoms with Gasteiger partial charge in [0.1, 0.15) is 6.10 Å². The zero-order chi connectivity index (χ0) is 11.1. The molecule has 2 aliphatic rings. The number of hydrogen-bond donors (Lipinski definition) is 0. The first-order valence-electron chi connectivity index (χ1n) is 5.41. The number of ether oxygens (including phenoxy) is 1. The molecule has 0 amide bonds. The molecule has 1 aromatic rings. The summed E-state index contributed by atoms with van der Waals surface area (Å²) >= 11 is 5.84. The summed E-state index contributed by atoms with van der Waals surface area (Å²) in [6.45, 7) is 0. The van der Waals surface area contributed by atoms with Gasteiger partial charge in [-0.2, -0.15) is 0 Å². The van der Waals surface area contributed by atoms with Gasteiger partial charge in [0, 0.05) is 11.1 Å². The second kappa shape index (κ2) is 3.63. The van der Waals surface area contributed by atoms with Gasteiger partial charge in [-0.05, 0) is 42.0 Å². The minimum absolute atomic E-state index is 0.183. The molecule has 0 N–H and O–H groups in total. The molecule has 82 valence electrons. The third-order valence-electron chi connectivity index (χ3n) is 3.04. The Labute approximate surface area is 98.9 Å². The second-order valence-corrected chi connectivity index (χ2v) is 4.72. The maximum absolute atomic E-state index is 11.3. The average Bonchev–Trinajstić information content (AvgIpc) is 3.04. The van der Waals surface area contributed by atoms with Gasteiger partial charge >= 0.3 is 5.97 Å². The lowest BCUT2D eigenvalue weighted by Gasteiger charge is -2.14. The molecule has 1 aromatic carbocycles. The molecule has 16 heavy (non-hydrogen) atoms. The van der Waals surface area contributed by atoms with E-state index in [4.69, 9.17) is 16.3 Å². The normalized spacial score (nSPS) is 24.2. The predicted molar refractivity (Wildman–Crippen MR) is 61.1 cm³/mol. The van der Waals surface area contributed by atoms with Crippen LogP contribution in [0.15, 0.2) is 35.9 Å². The van der Waals surface area contributed by atoms with Crippen LogP contribution in [0.5, 0.6) is 0 Å². The van der Waals surface area contributed by atoms with Gasteiger partial charge in [0.2, 0.25) is 0 Å². The lowest BCUT2D eigenvalue weighted by Crippen LogP contribution is -2.04. The standard InChI is InChI=1S/C13H11ClO2/c14-10-5-3-9(4-6-10)13-11(8-1-2-8)7-12(15)16-13/h3-8,13H,1-2H2. The van der Waals surface area contributed by atoms with Gasteiger partial charge in [0.15, 0.2) is 0 Å². The van der Waals surface area contributed by atoms with E-state index in [1.54, 1.807) is 6.08 Å². The van der Waals surface area contributed by atoms with E-state index in [0.717, 1.165) is 11.1 Å². The highest BCUT2D eigenvalue weighted by Gasteiger charge is 2.37. The number of esters is 1. The van der Waals surface area contributed by atoms with E-state index in [-0.39, 0.29) is 12.1 Å². The zero-order valence-electron chi connectivity index (χ0n) is 8.65. The number of rotatable bonds is 2. The van der Waals surface area contributed by atoms with E-state index >= 15 is 0 Å². The predicted octanol–water partition coefficient (Wildman–Crippen LogP) is 3.27. The Morgan fingerprint density at radius 1 is 1.19 bits per heavy atom. The first-order valence-corrected chi connectivity index (χ1v) is 5.79. The van der Waals surface area contributed by atoms with Crippen LogP contribution in [0.2, 0.25) is 5.02 Å². The van der Waals surface area contributed by atoms with Gasteiger partial charge in [-0.1, -0.05) is 23.7 Å². The van der Waals surface area contributed by atoms with E-state index in [9.17, 15) is 4.79 Å². The molecule has 1 saturated carbocycles. The van der Waals surface area contributed by atoms with Crippen LogP contribution >= 0.6 is 11.6 Å². The topological polar surface area (TPSA) is 26.3 Å². The lowest BCUT2D eigenvalue weighted by molar-refractivity contribution is -0.139. The summed E-state index contributed by atoms with van der Waals surface area (Å²) in [6.07, 6.45) is 3.81. The van der Waals surface area contributed by atoms with Crippen LogP contribution in [0.3, 0.4) is 0 Å². The highest BCUT2D eigenvalue weighted by Crippen LogP contribution is 2.46. The Morgan fingerprint density at radius 3 is 2.50 bits per heavy atom. The van der Waals surface area contributed by atoms with E-state index < -0.39 is 0 Å². The fraction of sp³-hybridized carbons (Fsp3) is 0.308. The third-order valence-corrected chi connectivity index (χ3v) is 3.29. The Morgan fingerprint density at radius 2 is 1.88 bits per heavy atom. The number of benzene rings is 1. The van der Waals surface area contributed by atoms with Gasteiger partial charge in [0.05, 0.1) is 0 Å². The summed E-state index contributed by atoms with van der Waals surface area (Å²) in [5, 5.41) is 0.699. The Kier molecular flexibility index (Phi) is 2.25. The summed E-state index contributed by atoms with van der Waals surface area (Å²) in [5.41, 5.74) is 2.14. The van der Waals surface area contributed by atoms with E-state index in [1.807, 2.05) is 24.3 Å². The summed E-state index contributed by atoms with van der Waals surface area (Å²) in [4.78, 5) is 11.3. The molecule has 3 rings (SSSR count). The van der Waals surface area contributed by atoms with Crippen LogP contribution in [0.1, 0.15) is 24.5 Å².